The van der Waals surface area contributed by atoms with E-state index in [9.17, 15) is 0 Å². The number of pyridine rings is 1. The van der Waals surface area contributed by atoms with Crippen LogP contribution >= 0.6 is 11.6 Å². The average Bonchev–Trinajstić information content (AvgIpc) is 3.57. The first-order valence-electron chi connectivity index (χ1n) is 11.7. The van der Waals surface area contributed by atoms with Crippen LogP contribution in [-0.2, 0) is 14.2 Å². The Kier molecular flexibility index (Phi) is 6.28. The molecule has 180 valence electrons. The second kappa shape index (κ2) is 9.67. The van der Waals surface area contributed by atoms with Crippen molar-refractivity contribution in [1.29, 1.82) is 0 Å². The van der Waals surface area contributed by atoms with Gasteiger partial charge in [0.2, 0.25) is 0 Å². The Balaban J connectivity index is 1.12. The molecule has 1 N–H and O–H groups in total. The number of aromatic nitrogens is 3. The Morgan fingerprint density at radius 1 is 1.09 bits per heavy atom. The van der Waals surface area contributed by atoms with Gasteiger partial charge in [0.1, 0.15) is 18.5 Å². The number of imidazole rings is 1. The third-order valence-electron chi connectivity index (χ3n) is 6.50. The zero-order chi connectivity index (χ0) is 22.9. The van der Waals surface area contributed by atoms with Gasteiger partial charge in [-0.1, -0.05) is 11.6 Å². The number of fused-ring (bicyclic) bond motifs is 2. The predicted molar refractivity (Wildman–Crippen MR) is 126 cm³/mol. The lowest BCUT2D eigenvalue weighted by Crippen LogP contribution is -2.38. The van der Waals surface area contributed by atoms with Crippen molar-refractivity contribution in [2.24, 2.45) is 0 Å². The summed E-state index contributed by atoms with van der Waals surface area (Å²) in [4.78, 5) is 14.7. The number of rotatable bonds is 7. The fourth-order valence-corrected chi connectivity index (χ4v) is 4.92. The first kappa shape index (κ1) is 22.1. The van der Waals surface area contributed by atoms with E-state index in [1.165, 1.54) is 0 Å². The molecule has 34 heavy (non-hydrogen) atoms. The molecule has 2 unspecified atom stereocenters. The van der Waals surface area contributed by atoms with Crippen LogP contribution in [0.1, 0.15) is 6.42 Å². The number of halogens is 1. The second-order valence-electron chi connectivity index (χ2n) is 8.71. The number of hydrogen-bond acceptors (Lipinski definition) is 8. The summed E-state index contributed by atoms with van der Waals surface area (Å²) in [6.07, 6.45) is 0.789. The molecular formula is C24H27ClN4O5. The molecule has 3 aliphatic rings. The number of nitrogens with zero attached hydrogens (tertiary/aromatic N) is 3. The molecule has 5 heterocycles. The molecule has 3 saturated heterocycles. The molecule has 0 bridgehead atoms. The van der Waals surface area contributed by atoms with E-state index in [1.807, 2.05) is 30.3 Å². The molecule has 3 fully saturated rings. The highest BCUT2D eigenvalue weighted by Crippen LogP contribution is 2.32. The van der Waals surface area contributed by atoms with E-state index in [-0.39, 0.29) is 18.3 Å². The van der Waals surface area contributed by atoms with Gasteiger partial charge in [-0.3, -0.25) is 4.90 Å². The Hall–Kier alpha value is -2.43. The summed E-state index contributed by atoms with van der Waals surface area (Å²) in [6.45, 7) is 6.22. The maximum absolute atomic E-state index is 6.56. The maximum Gasteiger partial charge on any atom is 0.296 e. The summed E-state index contributed by atoms with van der Waals surface area (Å²) < 4.78 is 28.8. The van der Waals surface area contributed by atoms with Crippen LogP contribution in [0.5, 0.6) is 11.8 Å². The van der Waals surface area contributed by atoms with Gasteiger partial charge in [-0.15, -0.1) is 0 Å². The maximum atomic E-state index is 6.56. The van der Waals surface area contributed by atoms with Crippen LogP contribution in [0.2, 0.25) is 5.02 Å². The van der Waals surface area contributed by atoms with Crippen LogP contribution in [0.4, 0.5) is 0 Å². The molecule has 3 aliphatic heterocycles. The Morgan fingerprint density at radius 3 is 2.79 bits per heavy atom. The van der Waals surface area contributed by atoms with Gasteiger partial charge < -0.3 is 28.7 Å². The van der Waals surface area contributed by atoms with Crippen LogP contribution in [0.25, 0.3) is 22.4 Å². The van der Waals surface area contributed by atoms with Crippen molar-refractivity contribution in [2.75, 3.05) is 52.7 Å². The SMILES string of the molecule is Clc1cc2[nH]c(OC3COC4CCO[C@@H]43)nc2nc1-c1ccc(OCCN2CCOCC2)cc1. The van der Waals surface area contributed by atoms with Crippen molar-refractivity contribution >= 4 is 22.8 Å². The molecule has 0 saturated carbocycles. The van der Waals surface area contributed by atoms with Gasteiger partial charge in [-0.25, -0.2) is 4.98 Å². The number of morpholine rings is 1. The fraction of sp³-hybridized carbons (Fsp3) is 0.500. The molecule has 3 atom stereocenters. The molecule has 0 amide bonds. The van der Waals surface area contributed by atoms with Gasteiger partial charge >= 0.3 is 0 Å². The lowest BCUT2D eigenvalue weighted by molar-refractivity contribution is 0.0273. The molecule has 2 aromatic heterocycles. The van der Waals surface area contributed by atoms with Crippen molar-refractivity contribution in [3.05, 3.63) is 35.4 Å². The van der Waals surface area contributed by atoms with Crippen molar-refractivity contribution < 1.29 is 23.7 Å². The van der Waals surface area contributed by atoms with E-state index >= 15 is 0 Å². The van der Waals surface area contributed by atoms with E-state index in [0.29, 0.717) is 42.2 Å². The summed E-state index contributed by atoms with van der Waals surface area (Å²) in [7, 11) is 0. The number of H-pyrrole nitrogens is 1. The average molecular weight is 487 g/mol. The molecule has 0 spiro atoms. The summed E-state index contributed by atoms with van der Waals surface area (Å²) in [5.41, 5.74) is 2.82. The zero-order valence-corrected chi connectivity index (χ0v) is 19.5. The van der Waals surface area contributed by atoms with Crippen molar-refractivity contribution in [3.63, 3.8) is 0 Å². The largest absolute Gasteiger partial charge is 0.492 e. The van der Waals surface area contributed by atoms with Crippen molar-refractivity contribution in [2.45, 2.75) is 24.7 Å². The van der Waals surface area contributed by atoms with Crippen LogP contribution in [-0.4, -0.2) is 90.8 Å². The van der Waals surface area contributed by atoms with E-state index in [4.69, 9.17) is 35.3 Å². The van der Waals surface area contributed by atoms with Gasteiger partial charge in [0, 0.05) is 31.8 Å². The highest BCUT2D eigenvalue weighted by Gasteiger charge is 2.43. The lowest BCUT2D eigenvalue weighted by Gasteiger charge is -2.26. The van der Waals surface area contributed by atoms with Crippen molar-refractivity contribution in [3.8, 4) is 23.0 Å². The molecule has 0 radical (unpaired) electrons. The van der Waals surface area contributed by atoms with E-state index < -0.39 is 0 Å². The summed E-state index contributed by atoms with van der Waals surface area (Å²) in [5.74, 6) is 0.816. The van der Waals surface area contributed by atoms with Gasteiger partial charge in [0.05, 0.1) is 42.2 Å². The predicted octanol–water partition coefficient (Wildman–Crippen LogP) is 2.92. The summed E-state index contributed by atoms with van der Waals surface area (Å²) >= 11 is 6.56. The highest BCUT2D eigenvalue weighted by atomic mass is 35.5. The lowest BCUT2D eigenvalue weighted by atomic mass is 10.1. The Bertz CT molecular complexity index is 1130. The fourth-order valence-electron chi connectivity index (χ4n) is 4.65. The van der Waals surface area contributed by atoms with Gasteiger partial charge in [0.25, 0.3) is 6.01 Å². The van der Waals surface area contributed by atoms with E-state index in [2.05, 4.69) is 19.9 Å². The highest BCUT2D eigenvalue weighted by molar-refractivity contribution is 6.33. The molecule has 9 nitrogen and oxygen atoms in total. The third-order valence-corrected chi connectivity index (χ3v) is 6.78. The van der Waals surface area contributed by atoms with Gasteiger partial charge in [-0.2, -0.15) is 4.98 Å². The zero-order valence-electron chi connectivity index (χ0n) is 18.7. The van der Waals surface area contributed by atoms with Gasteiger partial charge in [-0.05, 0) is 36.8 Å². The molecular weight excluding hydrogens is 460 g/mol. The second-order valence-corrected chi connectivity index (χ2v) is 9.12. The topological polar surface area (TPSA) is 91.0 Å². The molecule has 1 aromatic carbocycles. The van der Waals surface area contributed by atoms with Crippen LogP contribution < -0.4 is 9.47 Å². The van der Waals surface area contributed by atoms with E-state index in [0.717, 1.165) is 56.1 Å². The van der Waals surface area contributed by atoms with E-state index in [1.54, 1.807) is 0 Å². The van der Waals surface area contributed by atoms with Crippen LogP contribution in [0, 0.1) is 0 Å². The summed E-state index contributed by atoms with van der Waals surface area (Å²) in [5, 5.41) is 0.534. The number of nitrogens with one attached hydrogen (secondary N) is 1. The summed E-state index contributed by atoms with van der Waals surface area (Å²) in [6, 6.07) is 10.0. The number of ether oxygens (including phenoxy) is 5. The number of benzene rings is 1. The first-order chi connectivity index (χ1) is 16.7. The molecule has 3 aromatic rings. The minimum absolute atomic E-state index is 0.0464. The smallest absolute Gasteiger partial charge is 0.296 e. The van der Waals surface area contributed by atoms with Crippen LogP contribution in [0.15, 0.2) is 30.3 Å². The first-order valence-corrected chi connectivity index (χ1v) is 12.1. The number of hydrogen-bond donors (Lipinski definition) is 1. The third kappa shape index (κ3) is 4.58. The van der Waals surface area contributed by atoms with Gasteiger partial charge in [0.15, 0.2) is 11.8 Å². The van der Waals surface area contributed by atoms with Crippen LogP contribution in [0.3, 0.4) is 0 Å². The minimum Gasteiger partial charge on any atom is -0.492 e. The quantitative estimate of drug-likeness (QED) is 0.545. The molecule has 6 rings (SSSR count). The minimum atomic E-state index is -0.182. The monoisotopic (exact) mass is 486 g/mol. The Labute approximate surface area is 202 Å². The Morgan fingerprint density at radius 2 is 1.94 bits per heavy atom. The normalized spacial score (nSPS) is 25.0. The molecule has 10 heteroatoms. The molecule has 0 aliphatic carbocycles. The standard InChI is InChI=1S/C24H27ClN4O5/c25-17-13-18-23(28-24(26-18)34-20-14-33-19-5-9-32-22(19)20)27-21(17)15-1-3-16(4-2-15)31-12-8-29-6-10-30-11-7-29/h1-4,13,19-20,22H,5-12,14H2,(H,26,27,28)/t19?,20?,22-/m0/s1. The number of aromatic amines is 1. The van der Waals surface area contributed by atoms with Crippen molar-refractivity contribution in [1.82, 2.24) is 19.9 Å².